The highest BCUT2D eigenvalue weighted by Crippen LogP contribution is 2.31. The Balaban J connectivity index is 2.45. The number of hydrogen-bond donors (Lipinski definition) is 1. The van der Waals surface area contributed by atoms with Gasteiger partial charge in [0.25, 0.3) is 0 Å². The van der Waals surface area contributed by atoms with Crippen LogP contribution in [0.3, 0.4) is 0 Å². The van der Waals surface area contributed by atoms with Crippen LogP contribution in [0.1, 0.15) is 39.0 Å². The SMILES string of the molecule is CC1(OC(=O)/C=C/C(=O)O)CCCCC1. The Kier molecular flexibility index (Phi) is 3.88. The maximum atomic E-state index is 11.2. The van der Waals surface area contributed by atoms with Crippen LogP contribution in [0.5, 0.6) is 0 Å². The lowest BCUT2D eigenvalue weighted by Gasteiger charge is -2.32. The number of aliphatic carboxylic acids is 1. The molecule has 15 heavy (non-hydrogen) atoms. The van der Waals surface area contributed by atoms with E-state index in [1.165, 1.54) is 6.42 Å². The van der Waals surface area contributed by atoms with Crippen molar-refractivity contribution in [3.63, 3.8) is 0 Å². The topological polar surface area (TPSA) is 63.6 Å². The van der Waals surface area contributed by atoms with Crippen LogP contribution in [0.15, 0.2) is 12.2 Å². The summed E-state index contributed by atoms with van der Waals surface area (Å²) < 4.78 is 5.24. The monoisotopic (exact) mass is 212 g/mol. The van der Waals surface area contributed by atoms with Crippen LogP contribution in [-0.4, -0.2) is 22.6 Å². The van der Waals surface area contributed by atoms with Crippen molar-refractivity contribution in [1.82, 2.24) is 0 Å². The lowest BCUT2D eigenvalue weighted by Crippen LogP contribution is -2.33. The predicted octanol–water partition coefficient (Wildman–Crippen LogP) is 1.89. The van der Waals surface area contributed by atoms with Gasteiger partial charge in [0.15, 0.2) is 0 Å². The van der Waals surface area contributed by atoms with E-state index in [-0.39, 0.29) is 0 Å². The van der Waals surface area contributed by atoms with E-state index in [0.717, 1.165) is 37.8 Å². The first-order valence-corrected chi connectivity index (χ1v) is 5.16. The maximum absolute atomic E-state index is 11.2. The summed E-state index contributed by atoms with van der Waals surface area (Å²) in [6, 6.07) is 0. The molecule has 0 unspecified atom stereocenters. The van der Waals surface area contributed by atoms with E-state index in [1.807, 2.05) is 6.92 Å². The minimum Gasteiger partial charge on any atom is -0.478 e. The summed E-state index contributed by atoms with van der Waals surface area (Å²) in [6.07, 6.45) is 6.78. The molecule has 1 aliphatic carbocycles. The number of carbonyl (C=O) groups is 2. The van der Waals surface area contributed by atoms with Crippen molar-refractivity contribution >= 4 is 11.9 Å². The van der Waals surface area contributed by atoms with Gasteiger partial charge in [0.1, 0.15) is 5.60 Å². The van der Waals surface area contributed by atoms with Crippen molar-refractivity contribution in [2.75, 3.05) is 0 Å². The average molecular weight is 212 g/mol. The molecule has 0 heterocycles. The van der Waals surface area contributed by atoms with Crippen LogP contribution in [0.2, 0.25) is 0 Å². The standard InChI is InChI=1S/C11H16O4/c1-11(7-3-2-4-8-11)15-10(14)6-5-9(12)13/h5-6H,2-4,7-8H2,1H3,(H,12,13)/b6-5+. The van der Waals surface area contributed by atoms with E-state index in [9.17, 15) is 9.59 Å². The first kappa shape index (κ1) is 11.8. The van der Waals surface area contributed by atoms with Crippen molar-refractivity contribution < 1.29 is 19.4 Å². The van der Waals surface area contributed by atoms with Crippen LogP contribution in [0.4, 0.5) is 0 Å². The molecule has 1 saturated carbocycles. The van der Waals surface area contributed by atoms with Crippen molar-refractivity contribution in [2.45, 2.75) is 44.6 Å². The molecule has 4 heteroatoms. The van der Waals surface area contributed by atoms with Crippen molar-refractivity contribution in [3.8, 4) is 0 Å². The summed E-state index contributed by atoms with van der Waals surface area (Å²) in [5.41, 5.74) is -0.405. The van der Waals surface area contributed by atoms with Gasteiger partial charge in [-0.3, -0.25) is 0 Å². The zero-order valence-corrected chi connectivity index (χ0v) is 8.86. The van der Waals surface area contributed by atoms with Crippen LogP contribution >= 0.6 is 0 Å². The quantitative estimate of drug-likeness (QED) is 0.573. The Morgan fingerprint density at radius 1 is 1.20 bits per heavy atom. The molecule has 0 amide bonds. The summed E-state index contributed by atoms with van der Waals surface area (Å²) in [6.45, 7) is 1.90. The van der Waals surface area contributed by atoms with Crippen LogP contribution in [-0.2, 0) is 14.3 Å². The second kappa shape index (κ2) is 4.96. The van der Waals surface area contributed by atoms with E-state index in [4.69, 9.17) is 9.84 Å². The van der Waals surface area contributed by atoms with Crippen LogP contribution < -0.4 is 0 Å². The number of carboxylic acids is 1. The first-order chi connectivity index (χ1) is 7.02. The Labute approximate surface area is 88.9 Å². The maximum Gasteiger partial charge on any atom is 0.331 e. The van der Waals surface area contributed by atoms with E-state index >= 15 is 0 Å². The minimum absolute atomic E-state index is 0.405. The zero-order chi connectivity index (χ0) is 11.3. The number of carboxylic acid groups (broad SMARTS) is 1. The first-order valence-electron chi connectivity index (χ1n) is 5.16. The van der Waals surface area contributed by atoms with Crippen molar-refractivity contribution in [1.29, 1.82) is 0 Å². The second-order valence-electron chi connectivity index (χ2n) is 4.10. The van der Waals surface area contributed by atoms with Gasteiger partial charge in [-0.15, -0.1) is 0 Å². The molecular weight excluding hydrogens is 196 g/mol. The number of carbonyl (C=O) groups excluding carboxylic acids is 1. The fourth-order valence-electron chi connectivity index (χ4n) is 1.82. The molecular formula is C11H16O4. The molecule has 1 N–H and O–H groups in total. The molecule has 0 bridgehead atoms. The lowest BCUT2D eigenvalue weighted by atomic mass is 9.86. The molecule has 0 aliphatic heterocycles. The molecule has 0 radical (unpaired) electrons. The van der Waals surface area contributed by atoms with E-state index in [2.05, 4.69) is 0 Å². The third kappa shape index (κ3) is 4.14. The highest BCUT2D eigenvalue weighted by Gasteiger charge is 2.29. The Bertz CT molecular complexity index is 274. The number of hydrogen-bond acceptors (Lipinski definition) is 3. The molecule has 0 aromatic rings. The van der Waals surface area contributed by atoms with E-state index in [0.29, 0.717) is 0 Å². The number of rotatable bonds is 3. The summed E-state index contributed by atoms with van der Waals surface area (Å²) in [5.74, 6) is -1.71. The molecule has 0 atom stereocenters. The molecule has 0 aromatic carbocycles. The third-order valence-electron chi connectivity index (χ3n) is 2.62. The zero-order valence-electron chi connectivity index (χ0n) is 8.86. The Hall–Kier alpha value is -1.32. The fourth-order valence-corrected chi connectivity index (χ4v) is 1.82. The minimum atomic E-state index is -1.14. The predicted molar refractivity (Wildman–Crippen MR) is 54.4 cm³/mol. The molecule has 1 rings (SSSR count). The van der Waals surface area contributed by atoms with Gasteiger partial charge in [0.05, 0.1) is 0 Å². The summed E-state index contributed by atoms with van der Waals surface area (Å²) in [7, 11) is 0. The van der Waals surface area contributed by atoms with E-state index in [1.54, 1.807) is 0 Å². The van der Waals surface area contributed by atoms with Gasteiger partial charge in [0.2, 0.25) is 0 Å². The molecule has 0 saturated heterocycles. The van der Waals surface area contributed by atoms with Gasteiger partial charge in [-0.25, -0.2) is 9.59 Å². The number of ether oxygens (including phenoxy) is 1. The normalized spacial score (nSPS) is 20.1. The molecule has 1 fully saturated rings. The summed E-state index contributed by atoms with van der Waals surface area (Å²) in [5, 5.41) is 8.34. The molecule has 0 aromatic heterocycles. The highest BCUT2D eigenvalue weighted by atomic mass is 16.6. The van der Waals surface area contributed by atoms with Gasteiger partial charge >= 0.3 is 11.9 Å². The Morgan fingerprint density at radius 2 is 1.80 bits per heavy atom. The molecule has 4 nitrogen and oxygen atoms in total. The van der Waals surface area contributed by atoms with E-state index < -0.39 is 17.5 Å². The highest BCUT2D eigenvalue weighted by molar-refractivity contribution is 5.90. The summed E-state index contributed by atoms with van der Waals surface area (Å²) >= 11 is 0. The van der Waals surface area contributed by atoms with Gasteiger partial charge in [-0.1, -0.05) is 6.42 Å². The molecule has 84 valence electrons. The molecule has 0 spiro atoms. The van der Waals surface area contributed by atoms with Gasteiger partial charge in [0, 0.05) is 12.2 Å². The average Bonchev–Trinajstić information content (AvgIpc) is 2.15. The molecule has 1 aliphatic rings. The van der Waals surface area contributed by atoms with Gasteiger partial charge < -0.3 is 9.84 Å². The van der Waals surface area contributed by atoms with Gasteiger partial charge in [-0.05, 0) is 32.6 Å². The van der Waals surface area contributed by atoms with Crippen molar-refractivity contribution in [2.24, 2.45) is 0 Å². The fraction of sp³-hybridized carbons (Fsp3) is 0.636. The largest absolute Gasteiger partial charge is 0.478 e. The summed E-state index contributed by atoms with van der Waals surface area (Å²) in [4.78, 5) is 21.4. The smallest absolute Gasteiger partial charge is 0.331 e. The lowest BCUT2D eigenvalue weighted by molar-refractivity contribution is -0.155. The third-order valence-corrected chi connectivity index (χ3v) is 2.62. The van der Waals surface area contributed by atoms with Crippen LogP contribution in [0.25, 0.3) is 0 Å². The second-order valence-corrected chi connectivity index (χ2v) is 4.10. The number of esters is 1. The van der Waals surface area contributed by atoms with Crippen LogP contribution in [0, 0.1) is 0 Å². The Morgan fingerprint density at radius 3 is 2.33 bits per heavy atom. The van der Waals surface area contributed by atoms with Crippen molar-refractivity contribution in [3.05, 3.63) is 12.2 Å². The van der Waals surface area contributed by atoms with Gasteiger partial charge in [-0.2, -0.15) is 0 Å².